The number of carbonyl (C=O) groups is 2. The summed E-state index contributed by atoms with van der Waals surface area (Å²) >= 11 is 0. The zero-order valence-corrected chi connectivity index (χ0v) is 12.5. The Kier molecular flexibility index (Phi) is 3.45. The van der Waals surface area contributed by atoms with Gasteiger partial charge in [-0.3, -0.25) is 9.59 Å². The van der Waals surface area contributed by atoms with Crippen molar-refractivity contribution in [1.82, 2.24) is 0 Å². The highest BCUT2D eigenvalue weighted by molar-refractivity contribution is 5.93. The highest BCUT2D eigenvalue weighted by Gasteiger charge is 2.46. The molecule has 22 heavy (non-hydrogen) atoms. The molecule has 0 atom stereocenters. The quantitative estimate of drug-likeness (QED) is 0.631. The fourth-order valence-corrected chi connectivity index (χ4v) is 2.48. The van der Waals surface area contributed by atoms with Gasteiger partial charge in [-0.05, 0) is 13.8 Å². The van der Waals surface area contributed by atoms with Crippen LogP contribution in [-0.2, 0) is 24.8 Å². The van der Waals surface area contributed by atoms with E-state index in [1.165, 1.54) is 0 Å². The van der Waals surface area contributed by atoms with E-state index in [2.05, 4.69) is 0 Å². The molecule has 2 aromatic rings. The third-order valence-electron chi connectivity index (χ3n) is 3.67. The third-order valence-corrected chi connectivity index (χ3v) is 3.67. The first kappa shape index (κ1) is 14.3. The van der Waals surface area contributed by atoms with Crippen molar-refractivity contribution in [2.75, 3.05) is 0 Å². The first-order chi connectivity index (χ1) is 10.5. The summed E-state index contributed by atoms with van der Waals surface area (Å²) in [4.78, 5) is 23.7. The molecule has 0 bridgehead atoms. The SMILES string of the molecule is Cc1ccc(C2(c3ccc(C)cc3)OC(=O)CC(=O)O2)cc1. The molecule has 112 valence electrons. The first-order valence-corrected chi connectivity index (χ1v) is 7.07. The number of rotatable bonds is 2. The molecule has 1 fully saturated rings. The Hall–Kier alpha value is -2.62. The number of hydrogen-bond donors (Lipinski definition) is 0. The average Bonchev–Trinajstić information content (AvgIpc) is 2.47. The van der Waals surface area contributed by atoms with Crippen molar-refractivity contribution in [2.45, 2.75) is 26.1 Å². The van der Waals surface area contributed by atoms with Gasteiger partial charge in [0, 0.05) is 11.1 Å². The van der Waals surface area contributed by atoms with E-state index in [1.807, 2.05) is 38.1 Å². The molecule has 0 amide bonds. The lowest BCUT2D eigenvalue weighted by molar-refractivity contribution is -0.234. The highest BCUT2D eigenvalue weighted by Crippen LogP contribution is 2.38. The van der Waals surface area contributed by atoms with Crippen LogP contribution in [-0.4, -0.2) is 11.9 Å². The molecule has 0 aromatic heterocycles. The van der Waals surface area contributed by atoms with Crippen LogP contribution in [0.4, 0.5) is 0 Å². The number of benzene rings is 2. The zero-order valence-electron chi connectivity index (χ0n) is 12.5. The zero-order chi connectivity index (χ0) is 15.7. The van der Waals surface area contributed by atoms with E-state index < -0.39 is 17.7 Å². The fraction of sp³-hybridized carbons (Fsp3) is 0.222. The summed E-state index contributed by atoms with van der Waals surface area (Å²) in [5, 5.41) is 0. The minimum Gasteiger partial charge on any atom is -0.413 e. The van der Waals surface area contributed by atoms with Gasteiger partial charge in [0.05, 0.1) is 0 Å². The Bertz CT molecular complexity index is 650. The molecular formula is C18H16O4. The van der Waals surface area contributed by atoms with Gasteiger partial charge in [-0.1, -0.05) is 59.7 Å². The summed E-state index contributed by atoms with van der Waals surface area (Å²) in [5.74, 6) is -2.68. The molecule has 1 aliphatic rings. The molecule has 0 aliphatic carbocycles. The second-order valence-electron chi connectivity index (χ2n) is 5.47. The molecule has 0 saturated carbocycles. The van der Waals surface area contributed by atoms with E-state index in [0.717, 1.165) is 11.1 Å². The molecular weight excluding hydrogens is 280 g/mol. The maximum Gasteiger partial charge on any atom is 0.320 e. The van der Waals surface area contributed by atoms with Crippen molar-refractivity contribution in [2.24, 2.45) is 0 Å². The Morgan fingerprint density at radius 1 is 0.727 bits per heavy atom. The summed E-state index contributed by atoms with van der Waals surface area (Å²) in [6, 6.07) is 14.8. The summed E-state index contributed by atoms with van der Waals surface area (Å²) in [5.41, 5.74) is 3.36. The van der Waals surface area contributed by atoms with E-state index in [4.69, 9.17) is 9.47 Å². The van der Waals surface area contributed by atoms with Crippen molar-refractivity contribution >= 4 is 11.9 Å². The van der Waals surface area contributed by atoms with Crippen LogP contribution in [0.5, 0.6) is 0 Å². The maximum atomic E-state index is 11.8. The number of esters is 2. The monoisotopic (exact) mass is 296 g/mol. The molecule has 0 unspecified atom stereocenters. The van der Waals surface area contributed by atoms with Crippen molar-refractivity contribution in [1.29, 1.82) is 0 Å². The Morgan fingerprint density at radius 3 is 1.45 bits per heavy atom. The first-order valence-electron chi connectivity index (χ1n) is 7.07. The highest BCUT2D eigenvalue weighted by atomic mass is 16.7. The van der Waals surface area contributed by atoms with Gasteiger partial charge in [-0.2, -0.15) is 0 Å². The van der Waals surface area contributed by atoms with E-state index in [0.29, 0.717) is 11.1 Å². The predicted molar refractivity (Wildman–Crippen MR) is 79.9 cm³/mol. The van der Waals surface area contributed by atoms with Gasteiger partial charge in [0.25, 0.3) is 0 Å². The summed E-state index contributed by atoms with van der Waals surface area (Å²) in [7, 11) is 0. The molecule has 4 nitrogen and oxygen atoms in total. The topological polar surface area (TPSA) is 52.6 Å². The van der Waals surface area contributed by atoms with Crippen LogP contribution >= 0.6 is 0 Å². The summed E-state index contributed by atoms with van der Waals surface area (Å²) < 4.78 is 11.0. The maximum absolute atomic E-state index is 11.8. The van der Waals surface area contributed by atoms with Crippen molar-refractivity contribution in [3.63, 3.8) is 0 Å². The van der Waals surface area contributed by atoms with Crippen LogP contribution in [0.15, 0.2) is 48.5 Å². The van der Waals surface area contributed by atoms with Crippen molar-refractivity contribution in [3.05, 3.63) is 70.8 Å². The summed E-state index contributed by atoms with van der Waals surface area (Å²) in [6.45, 7) is 3.92. The number of hydrogen-bond acceptors (Lipinski definition) is 4. The van der Waals surface area contributed by atoms with E-state index in [9.17, 15) is 9.59 Å². The average molecular weight is 296 g/mol. The third kappa shape index (κ3) is 2.48. The smallest absolute Gasteiger partial charge is 0.320 e. The summed E-state index contributed by atoms with van der Waals surface area (Å²) in [6.07, 6.45) is -0.362. The lowest BCUT2D eigenvalue weighted by atomic mass is 9.94. The lowest BCUT2D eigenvalue weighted by Crippen LogP contribution is -2.43. The van der Waals surface area contributed by atoms with E-state index >= 15 is 0 Å². The minimum atomic E-state index is -1.51. The number of aryl methyl sites for hydroxylation is 2. The Morgan fingerprint density at radius 2 is 1.09 bits per heavy atom. The number of cyclic esters (lactones) is 2. The molecule has 4 heteroatoms. The fourth-order valence-electron chi connectivity index (χ4n) is 2.48. The lowest BCUT2D eigenvalue weighted by Gasteiger charge is -2.36. The number of ether oxygens (including phenoxy) is 2. The molecule has 1 saturated heterocycles. The predicted octanol–water partition coefficient (Wildman–Crippen LogP) is 2.99. The second kappa shape index (κ2) is 5.30. The number of carbonyl (C=O) groups excluding carboxylic acids is 2. The van der Waals surface area contributed by atoms with Crippen LogP contribution in [0, 0.1) is 13.8 Å². The van der Waals surface area contributed by atoms with Crippen LogP contribution in [0.2, 0.25) is 0 Å². The Labute approximate surface area is 128 Å². The van der Waals surface area contributed by atoms with E-state index in [1.54, 1.807) is 24.3 Å². The van der Waals surface area contributed by atoms with Gasteiger partial charge in [0.1, 0.15) is 6.42 Å². The molecule has 3 rings (SSSR count). The van der Waals surface area contributed by atoms with Gasteiger partial charge in [0.15, 0.2) is 0 Å². The van der Waals surface area contributed by atoms with Gasteiger partial charge < -0.3 is 9.47 Å². The van der Waals surface area contributed by atoms with Gasteiger partial charge in [0.2, 0.25) is 0 Å². The molecule has 1 aliphatic heterocycles. The Balaban J connectivity index is 2.17. The van der Waals surface area contributed by atoms with Crippen LogP contribution in [0.3, 0.4) is 0 Å². The van der Waals surface area contributed by atoms with Gasteiger partial charge in [-0.15, -0.1) is 0 Å². The van der Waals surface area contributed by atoms with Crippen LogP contribution < -0.4 is 0 Å². The van der Waals surface area contributed by atoms with Gasteiger partial charge in [-0.25, -0.2) is 0 Å². The largest absolute Gasteiger partial charge is 0.413 e. The molecule has 0 spiro atoms. The van der Waals surface area contributed by atoms with Gasteiger partial charge >= 0.3 is 17.7 Å². The molecule has 1 heterocycles. The van der Waals surface area contributed by atoms with Crippen LogP contribution in [0.1, 0.15) is 28.7 Å². The van der Waals surface area contributed by atoms with E-state index in [-0.39, 0.29) is 6.42 Å². The van der Waals surface area contributed by atoms with Crippen molar-refractivity contribution < 1.29 is 19.1 Å². The molecule has 0 radical (unpaired) electrons. The van der Waals surface area contributed by atoms with Crippen molar-refractivity contribution in [3.8, 4) is 0 Å². The van der Waals surface area contributed by atoms with Crippen LogP contribution in [0.25, 0.3) is 0 Å². The molecule has 0 N–H and O–H groups in total. The second-order valence-corrected chi connectivity index (χ2v) is 5.47. The minimum absolute atomic E-state index is 0.362. The standard InChI is InChI=1S/C18H16O4/c1-12-3-7-14(8-4-12)18(15-9-5-13(2)6-10-15)21-16(19)11-17(20)22-18/h3-10H,11H2,1-2H3. The normalized spacial score (nSPS) is 16.8. The molecule has 2 aromatic carbocycles.